The predicted molar refractivity (Wildman–Crippen MR) is 95.1 cm³/mol. The Morgan fingerprint density at radius 1 is 1.12 bits per heavy atom. The van der Waals surface area contributed by atoms with Gasteiger partial charge in [-0.2, -0.15) is 11.8 Å². The molecule has 130 valence electrons. The maximum absolute atomic E-state index is 12.4. The van der Waals surface area contributed by atoms with Gasteiger partial charge in [-0.15, -0.1) is 0 Å². The van der Waals surface area contributed by atoms with Crippen LogP contribution in [0.1, 0.15) is 23.2 Å². The van der Waals surface area contributed by atoms with Crippen LogP contribution in [0.15, 0.2) is 48.7 Å². The lowest BCUT2D eigenvalue weighted by Crippen LogP contribution is -2.56. The van der Waals surface area contributed by atoms with Crippen LogP contribution in [0, 0.1) is 0 Å². The van der Waals surface area contributed by atoms with Crippen LogP contribution in [0.2, 0.25) is 0 Å². The third kappa shape index (κ3) is 4.11. The third-order valence-corrected chi connectivity index (χ3v) is 5.06. The van der Waals surface area contributed by atoms with E-state index in [0.29, 0.717) is 41.5 Å². The second-order valence-electron chi connectivity index (χ2n) is 5.75. The molecular formula is C18H18N2O4S. The van der Waals surface area contributed by atoms with Gasteiger partial charge < -0.3 is 15.2 Å². The molecule has 1 fully saturated rings. The highest BCUT2D eigenvalue weighted by Crippen LogP contribution is 2.28. The van der Waals surface area contributed by atoms with Crippen LogP contribution in [0.4, 0.5) is 0 Å². The number of benzene rings is 1. The van der Waals surface area contributed by atoms with Crippen molar-refractivity contribution in [3.05, 3.63) is 54.2 Å². The van der Waals surface area contributed by atoms with Crippen LogP contribution >= 0.6 is 11.8 Å². The van der Waals surface area contributed by atoms with E-state index in [4.69, 9.17) is 4.74 Å². The van der Waals surface area contributed by atoms with Gasteiger partial charge in [0, 0.05) is 12.3 Å². The lowest BCUT2D eigenvalue weighted by atomic mass is 9.92. The topological polar surface area (TPSA) is 88.5 Å². The van der Waals surface area contributed by atoms with Gasteiger partial charge in [-0.1, -0.05) is 18.2 Å². The van der Waals surface area contributed by atoms with Gasteiger partial charge in [0.25, 0.3) is 5.91 Å². The molecule has 0 bridgehead atoms. The van der Waals surface area contributed by atoms with Crippen molar-refractivity contribution in [1.29, 1.82) is 0 Å². The van der Waals surface area contributed by atoms with Crippen molar-refractivity contribution < 1.29 is 19.4 Å². The van der Waals surface area contributed by atoms with Gasteiger partial charge in [0.15, 0.2) is 0 Å². The summed E-state index contributed by atoms with van der Waals surface area (Å²) in [4.78, 5) is 28.2. The summed E-state index contributed by atoms with van der Waals surface area (Å²) in [6, 6.07) is 12.4. The number of pyridine rings is 1. The Balaban J connectivity index is 1.69. The molecule has 1 aromatic carbocycles. The van der Waals surface area contributed by atoms with Gasteiger partial charge in [-0.25, -0.2) is 9.78 Å². The number of thioether (sulfide) groups is 1. The number of carboxylic acids is 1. The van der Waals surface area contributed by atoms with Gasteiger partial charge in [0.1, 0.15) is 11.3 Å². The number of para-hydroxylation sites is 1. The fourth-order valence-corrected chi connectivity index (χ4v) is 3.78. The molecule has 2 heterocycles. The maximum atomic E-state index is 12.4. The Labute approximate surface area is 149 Å². The van der Waals surface area contributed by atoms with Crippen molar-refractivity contribution in [2.75, 3.05) is 11.5 Å². The minimum absolute atomic E-state index is 0.305. The first-order valence-corrected chi connectivity index (χ1v) is 9.07. The first kappa shape index (κ1) is 17.3. The Morgan fingerprint density at radius 3 is 2.44 bits per heavy atom. The summed E-state index contributed by atoms with van der Waals surface area (Å²) < 4.78 is 5.58. The number of amides is 1. The molecule has 1 aliphatic rings. The van der Waals surface area contributed by atoms with E-state index in [1.807, 2.05) is 18.2 Å². The molecule has 0 atom stereocenters. The molecule has 0 unspecified atom stereocenters. The van der Waals surface area contributed by atoms with E-state index in [0.717, 1.165) is 0 Å². The number of aromatic nitrogens is 1. The molecule has 0 radical (unpaired) electrons. The highest BCUT2D eigenvalue weighted by atomic mass is 32.2. The Morgan fingerprint density at radius 2 is 1.84 bits per heavy atom. The third-order valence-electron chi connectivity index (χ3n) is 4.07. The van der Waals surface area contributed by atoms with Gasteiger partial charge >= 0.3 is 5.97 Å². The molecule has 1 aliphatic heterocycles. The number of aliphatic carboxylic acids is 1. The summed E-state index contributed by atoms with van der Waals surface area (Å²) in [6.07, 6.45) is 2.23. The first-order chi connectivity index (χ1) is 12.1. The van der Waals surface area contributed by atoms with E-state index in [1.165, 1.54) is 6.20 Å². The molecule has 1 amide bonds. The van der Waals surface area contributed by atoms with E-state index in [2.05, 4.69) is 10.3 Å². The molecule has 3 rings (SSSR count). The second kappa shape index (κ2) is 7.57. The Kier molecular flexibility index (Phi) is 5.23. The summed E-state index contributed by atoms with van der Waals surface area (Å²) in [5, 5.41) is 12.2. The molecule has 7 heteroatoms. The zero-order valence-corrected chi connectivity index (χ0v) is 14.3. The van der Waals surface area contributed by atoms with Crippen LogP contribution < -0.4 is 10.1 Å². The minimum atomic E-state index is -1.19. The quantitative estimate of drug-likeness (QED) is 0.854. The second-order valence-corrected chi connectivity index (χ2v) is 6.98. The van der Waals surface area contributed by atoms with Crippen LogP contribution in [0.3, 0.4) is 0 Å². The smallest absolute Gasteiger partial charge is 0.329 e. The largest absolute Gasteiger partial charge is 0.480 e. The number of carbonyl (C=O) groups is 2. The van der Waals surface area contributed by atoms with E-state index < -0.39 is 17.4 Å². The summed E-state index contributed by atoms with van der Waals surface area (Å²) in [5.74, 6) is 1.02. The SMILES string of the molecule is O=C(NC1(C(=O)O)CCSCC1)c1ccc(Oc2ccccc2)nc1. The number of hydrogen-bond donors (Lipinski definition) is 2. The summed E-state index contributed by atoms with van der Waals surface area (Å²) in [7, 11) is 0. The van der Waals surface area contributed by atoms with Crippen LogP contribution in [-0.2, 0) is 4.79 Å². The average Bonchev–Trinajstić information content (AvgIpc) is 2.64. The highest BCUT2D eigenvalue weighted by molar-refractivity contribution is 7.99. The number of carboxylic acid groups (broad SMARTS) is 1. The highest BCUT2D eigenvalue weighted by Gasteiger charge is 2.41. The number of rotatable bonds is 5. The fourth-order valence-electron chi connectivity index (χ4n) is 2.59. The number of ether oxygens (including phenoxy) is 1. The predicted octanol–water partition coefficient (Wildman–Crippen LogP) is 2.95. The molecule has 1 aromatic heterocycles. The van der Waals surface area contributed by atoms with Gasteiger partial charge in [0.2, 0.25) is 5.88 Å². The number of hydrogen-bond acceptors (Lipinski definition) is 5. The summed E-state index contributed by atoms with van der Waals surface area (Å²) in [5.41, 5.74) is -0.888. The zero-order valence-electron chi connectivity index (χ0n) is 13.5. The van der Waals surface area contributed by atoms with Crippen molar-refractivity contribution in [3.63, 3.8) is 0 Å². The van der Waals surface area contributed by atoms with Crippen LogP contribution in [0.25, 0.3) is 0 Å². The Hall–Kier alpha value is -2.54. The lowest BCUT2D eigenvalue weighted by molar-refractivity contribution is -0.144. The molecular weight excluding hydrogens is 340 g/mol. The van der Waals surface area contributed by atoms with E-state index in [1.54, 1.807) is 36.0 Å². The molecule has 1 saturated heterocycles. The van der Waals surface area contributed by atoms with Crippen molar-refractivity contribution >= 4 is 23.6 Å². The Bertz CT molecular complexity index is 743. The molecule has 6 nitrogen and oxygen atoms in total. The van der Waals surface area contributed by atoms with Crippen molar-refractivity contribution in [2.24, 2.45) is 0 Å². The molecule has 2 aromatic rings. The first-order valence-electron chi connectivity index (χ1n) is 7.92. The minimum Gasteiger partial charge on any atom is -0.480 e. The maximum Gasteiger partial charge on any atom is 0.329 e. The van der Waals surface area contributed by atoms with Crippen LogP contribution in [-0.4, -0.2) is 39.0 Å². The zero-order chi connectivity index (χ0) is 17.7. The number of nitrogens with one attached hydrogen (secondary N) is 1. The van der Waals surface area contributed by atoms with Gasteiger partial charge in [-0.05, 0) is 42.5 Å². The number of nitrogens with zero attached hydrogens (tertiary/aromatic N) is 1. The van der Waals surface area contributed by atoms with E-state index in [-0.39, 0.29) is 0 Å². The van der Waals surface area contributed by atoms with Crippen molar-refractivity contribution in [2.45, 2.75) is 18.4 Å². The molecule has 2 N–H and O–H groups in total. The standard InChI is InChI=1S/C18H18N2O4S/c21-16(20-18(17(22)23)8-10-25-11-9-18)13-6-7-15(19-12-13)24-14-4-2-1-3-5-14/h1-7,12H,8-11H2,(H,20,21)(H,22,23). The summed E-state index contributed by atoms with van der Waals surface area (Å²) in [6.45, 7) is 0. The molecule has 0 aliphatic carbocycles. The average molecular weight is 358 g/mol. The lowest BCUT2D eigenvalue weighted by Gasteiger charge is -2.33. The molecule has 0 saturated carbocycles. The monoisotopic (exact) mass is 358 g/mol. The number of carbonyl (C=O) groups excluding carboxylic acids is 1. The van der Waals surface area contributed by atoms with Crippen molar-refractivity contribution in [1.82, 2.24) is 10.3 Å². The van der Waals surface area contributed by atoms with Crippen molar-refractivity contribution in [3.8, 4) is 11.6 Å². The van der Waals surface area contributed by atoms with E-state index in [9.17, 15) is 14.7 Å². The van der Waals surface area contributed by atoms with Gasteiger partial charge in [-0.3, -0.25) is 4.79 Å². The van der Waals surface area contributed by atoms with Gasteiger partial charge in [0.05, 0.1) is 5.56 Å². The van der Waals surface area contributed by atoms with Crippen LogP contribution in [0.5, 0.6) is 11.6 Å². The molecule has 25 heavy (non-hydrogen) atoms. The fraction of sp³-hybridized carbons (Fsp3) is 0.278. The molecule has 0 spiro atoms. The summed E-state index contributed by atoms with van der Waals surface area (Å²) >= 11 is 1.70. The van der Waals surface area contributed by atoms with E-state index >= 15 is 0 Å². The normalized spacial score (nSPS) is 16.0.